The molecule has 0 spiro atoms. The molecule has 2 unspecified atom stereocenters. The van der Waals surface area contributed by atoms with Gasteiger partial charge in [0.25, 0.3) is 11.8 Å². The molecule has 0 bridgehead atoms. The summed E-state index contributed by atoms with van der Waals surface area (Å²) in [5.41, 5.74) is 1.98. The number of hydrogen-bond acceptors (Lipinski definition) is 9. The number of amides is 2. The lowest BCUT2D eigenvalue weighted by molar-refractivity contribution is -0.122. The van der Waals surface area contributed by atoms with Gasteiger partial charge in [0.05, 0.1) is 20.8 Å². The van der Waals surface area contributed by atoms with Gasteiger partial charge in [-0.15, -0.1) is 5.10 Å². The van der Waals surface area contributed by atoms with Crippen molar-refractivity contribution >= 4 is 86.8 Å². The number of ether oxygens (including phenoxy) is 1. The highest BCUT2D eigenvalue weighted by Gasteiger charge is 2.40. The number of anilines is 3. The molecule has 11 nitrogen and oxygen atoms in total. The van der Waals surface area contributed by atoms with Crippen molar-refractivity contribution in [2.24, 2.45) is 15.3 Å². The largest absolute Gasteiger partial charge is 0.508 e. The molecule has 15 heteroatoms. The fraction of sp³-hybridized carbons (Fsp3) is 0.229. The van der Waals surface area contributed by atoms with Crippen LogP contribution < -0.4 is 20.4 Å². The Kier molecular flexibility index (Phi) is 10.8. The number of rotatable bonds is 8. The Morgan fingerprint density at radius 2 is 1.62 bits per heavy atom. The lowest BCUT2D eigenvalue weighted by Crippen LogP contribution is -2.33. The first-order valence-electron chi connectivity index (χ1n) is 15.2. The molecule has 4 N–H and O–H groups in total. The third-order valence-corrected chi connectivity index (χ3v) is 8.59. The van der Waals surface area contributed by atoms with E-state index in [0.29, 0.717) is 17.0 Å². The number of carbonyl (C=O) groups is 2. The number of hydrazone groups is 1. The van der Waals surface area contributed by atoms with E-state index in [1.807, 2.05) is 27.7 Å². The van der Waals surface area contributed by atoms with E-state index in [0.717, 1.165) is 10.6 Å². The Morgan fingerprint density at radius 3 is 2.30 bits per heavy atom. The Hall–Kier alpha value is -4.55. The topological polar surface area (TPSA) is 148 Å². The Bertz CT molecular complexity index is 2030. The van der Waals surface area contributed by atoms with Gasteiger partial charge in [0, 0.05) is 16.3 Å². The van der Waals surface area contributed by atoms with Gasteiger partial charge in [0.15, 0.2) is 11.9 Å². The molecule has 50 heavy (non-hydrogen) atoms. The molecule has 0 aliphatic carbocycles. The molecule has 2 atom stereocenters. The molecule has 0 saturated heterocycles. The van der Waals surface area contributed by atoms with Gasteiger partial charge >= 0.3 is 0 Å². The second-order valence-corrected chi connectivity index (χ2v) is 14.1. The van der Waals surface area contributed by atoms with Gasteiger partial charge in [0.2, 0.25) is 6.04 Å². The van der Waals surface area contributed by atoms with Gasteiger partial charge in [-0.2, -0.15) is 15.2 Å². The van der Waals surface area contributed by atoms with Crippen molar-refractivity contribution in [1.29, 1.82) is 0 Å². The van der Waals surface area contributed by atoms with Crippen molar-refractivity contribution in [2.75, 3.05) is 15.6 Å². The molecule has 5 rings (SSSR count). The van der Waals surface area contributed by atoms with Gasteiger partial charge < -0.3 is 25.6 Å². The molecule has 1 aliphatic rings. The summed E-state index contributed by atoms with van der Waals surface area (Å²) in [7, 11) is 0. The molecule has 1 aliphatic heterocycles. The molecule has 2 amide bonds. The maximum Gasteiger partial charge on any atom is 0.282 e. The monoisotopic (exact) mass is 756 g/mol. The van der Waals surface area contributed by atoms with Crippen LogP contribution in [0, 0.1) is 6.92 Å². The number of nitrogens with one attached hydrogen (secondary N) is 2. The molecule has 0 fully saturated rings. The predicted molar refractivity (Wildman–Crippen MR) is 198 cm³/mol. The van der Waals surface area contributed by atoms with E-state index >= 15 is 0 Å². The Balaban J connectivity index is 1.41. The highest BCUT2D eigenvalue weighted by molar-refractivity contribution is 6.43. The molecule has 1 heterocycles. The van der Waals surface area contributed by atoms with Crippen molar-refractivity contribution in [2.45, 2.75) is 52.2 Å². The predicted octanol–water partition coefficient (Wildman–Crippen LogP) is 9.65. The van der Waals surface area contributed by atoms with Gasteiger partial charge in [-0.1, -0.05) is 73.2 Å². The number of phenolic OH excluding ortho intramolecular Hbond substituents is 2. The average Bonchev–Trinajstić information content (AvgIpc) is 3.32. The van der Waals surface area contributed by atoms with Crippen LogP contribution in [0.15, 0.2) is 82.1 Å². The molecule has 4 aromatic rings. The Labute approximate surface area is 308 Å². The van der Waals surface area contributed by atoms with Crippen molar-refractivity contribution in [3.63, 3.8) is 0 Å². The normalized spacial score (nSPS) is 15.3. The van der Waals surface area contributed by atoms with E-state index in [9.17, 15) is 19.8 Å². The van der Waals surface area contributed by atoms with Crippen molar-refractivity contribution < 1.29 is 24.5 Å². The molecule has 0 radical (unpaired) electrons. The fourth-order valence-electron chi connectivity index (χ4n) is 4.90. The number of phenols is 2. The lowest BCUT2D eigenvalue weighted by Gasteiger charge is -2.22. The summed E-state index contributed by atoms with van der Waals surface area (Å²) in [5.74, 6) is -0.706. The minimum Gasteiger partial charge on any atom is -0.508 e. The van der Waals surface area contributed by atoms with E-state index in [4.69, 9.17) is 51.1 Å². The van der Waals surface area contributed by atoms with Gasteiger partial charge in [0.1, 0.15) is 28.6 Å². The van der Waals surface area contributed by atoms with Crippen LogP contribution in [-0.2, 0) is 15.0 Å². The standard InChI is InChI=1S/C35H32Cl4N6O5/c1-17-6-10-29(47)27(12-17)42-43-30-32(44-45(34(30)49)31-24(38)13-19(36)14-25(31)39)41-26-15-20(7-9-23(26)37)40-33(48)18(2)50-21-8-11-28(46)22(16-21)35(3,4)5/h6-16,18,30,46-47H,1-5H3,(H,40,48)(H,41,44)/b43-42+. The molecule has 260 valence electrons. The minimum absolute atomic E-state index is 0.00274. The summed E-state index contributed by atoms with van der Waals surface area (Å²) in [4.78, 5) is 26.9. The summed E-state index contributed by atoms with van der Waals surface area (Å²) in [5, 5.41) is 40.8. The van der Waals surface area contributed by atoms with Crippen LogP contribution in [0.25, 0.3) is 0 Å². The van der Waals surface area contributed by atoms with E-state index in [1.54, 1.807) is 49.4 Å². The number of benzene rings is 4. The Morgan fingerprint density at radius 1 is 0.940 bits per heavy atom. The number of azo groups is 1. The fourth-order valence-corrected chi connectivity index (χ4v) is 6.04. The van der Waals surface area contributed by atoms with Gasteiger partial charge in [-0.3, -0.25) is 9.59 Å². The minimum atomic E-state index is -1.34. The van der Waals surface area contributed by atoms with E-state index in [-0.39, 0.29) is 59.9 Å². The number of halogens is 4. The molecule has 0 saturated carbocycles. The molecule has 4 aromatic carbocycles. The van der Waals surface area contributed by atoms with Crippen LogP contribution >= 0.6 is 46.4 Å². The van der Waals surface area contributed by atoms with Crippen LogP contribution in [0.5, 0.6) is 17.2 Å². The van der Waals surface area contributed by atoms with Gasteiger partial charge in [-0.25, -0.2) is 0 Å². The van der Waals surface area contributed by atoms with E-state index in [2.05, 4.69) is 26.0 Å². The zero-order valence-electron chi connectivity index (χ0n) is 27.4. The quantitative estimate of drug-likeness (QED) is 0.132. The van der Waals surface area contributed by atoms with Crippen LogP contribution in [0.2, 0.25) is 20.1 Å². The zero-order valence-corrected chi connectivity index (χ0v) is 30.4. The number of carbonyl (C=O) groups excluding carboxylic acids is 2. The third kappa shape index (κ3) is 8.24. The first kappa shape index (κ1) is 36.7. The number of amidine groups is 1. The molecular formula is C35H32Cl4N6O5. The van der Waals surface area contributed by atoms with Crippen LogP contribution in [0.3, 0.4) is 0 Å². The third-order valence-electron chi connectivity index (χ3n) is 7.47. The summed E-state index contributed by atoms with van der Waals surface area (Å²) in [6.07, 6.45) is -0.915. The maximum absolute atomic E-state index is 13.8. The number of aromatic hydroxyl groups is 2. The second-order valence-electron chi connectivity index (χ2n) is 12.5. The smallest absolute Gasteiger partial charge is 0.282 e. The first-order valence-corrected chi connectivity index (χ1v) is 16.7. The number of nitrogens with zero attached hydrogens (tertiary/aromatic N) is 4. The van der Waals surface area contributed by atoms with Gasteiger partial charge in [-0.05, 0) is 85.5 Å². The maximum atomic E-state index is 13.8. The highest BCUT2D eigenvalue weighted by atomic mass is 35.5. The molecular weight excluding hydrogens is 726 g/mol. The second kappa shape index (κ2) is 14.7. The van der Waals surface area contributed by atoms with E-state index < -0.39 is 24.0 Å². The van der Waals surface area contributed by atoms with Crippen LogP contribution in [0.1, 0.15) is 38.8 Å². The summed E-state index contributed by atoms with van der Waals surface area (Å²) in [6, 6.07) is 15.8. The lowest BCUT2D eigenvalue weighted by atomic mass is 9.86. The summed E-state index contributed by atoms with van der Waals surface area (Å²) >= 11 is 25.5. The van der Waals surface area contributed by atoms with Crippen molar-refractivity contribution in [3.8, 4) is 17.2 Å². The molecule has 0 aromatic heterocycles. The van der Waals surface area contributed by atoms with Crippen molar-refractivity contribution in [3.05, 3.63) is 97.9 Å². The van der Waals surface area contributed by atoms with E-state index in [1.165, 1.54) is 24.3 Å². The summed E-state index contributed by atoms with van der Waals surface area (Å²) < 4.78 is 5.89. The van der Waals surface area contributed by atoms with Crippen LogP contribution in [-0.4, -0.2) is 40.0 Å². The first-order chi connectivity index (χ1) is 23.5. The van der Waals surface area contributed by atoms with Crippen LogP contribution in [0.4, 0.5) is 22.7 Å². The SMILES string of the molecule is Cc1ccc(O)c(/N=N/C2C(=O)N(c3c(Cl)cc(Cl)cc3Cl)N=C2Nc2cc(NC(=O)C(C)Oc3ccc(O)c(C(C)(C)C)c3)ccc2Cl)c1. The highest BCUT2D eigenvalue weighted by Crippen LogP contribution is 2.40. The average molecular weight is 758 g/mol. The number of hydrogen-bond donors (Lipinski definition) is 4. The summed E-state index contributed by atoms with van der Waals surface area (Å²) in [6.45, 7) is 9.29. The van der Waals surface area contributed by atoms with Crippen molar-refractivity contribution in [1.82, 2.24) is 0 Å². The number of aryl methyl sites for hydroxylation is 1. The zero-order chi connectivity index (χ0) is 36.5.